The van der Waals surface area contributed by atoms with Crippen LogP contribution in [0.4, 0.5) is 0 Å². The van der Waals surface area contributed by atoms with Crippen LogP contribution < -0.4 is 5.73 Å². The Balaban J connectivity index is 1.88. The van der Waals surface area contributed by atoms with Gasteiger partial charge < -0.3 is 10.6 Å². The Hall–Kier alpha value is -0.570. The summed E-state index contributed by atoms with van der Waals surface area (Å²) in [5.41, 5.74) is 5.57. The molecule has 2 aliphatic carbocycles. The SMILES string of the molecule is CC(CCN)C(=O)N(CC1CCCCC1)C1CC1. The summed E-state index contributed by atoms with van der Waals surface area (Å²) in [6, 6.07) is 0.555. The first kappa shape index (κ1) is 13.9. The van der Waals surface area contributed by atoms with Crippen molar-refractivity contribution in [1.29, 1.82) is 0 Å². The number of nitrogens with zero attached hydrogens (tertiary/aromatic N) is 1. The van der Waals surface area contributed by atoms with E-state index < -0.39 is 0 Å². The van der Waals surface area contributed by atoms with Gasteiger partial charge in [-0.1, -0.05) is 26.2 Å². The van der Waals surface area contributed by atoms with Crippen LogP contribution in [-0.2, 0) is 4.79 Å². The third-order valence-corrected chi connectivity index (χ3v) is 4.47. The molecule has 18 heavy (non-hydrogen) atoms. The summed E-state index contributed by atoms with van der Waals surface area (Å²) < 4.78 is 0. The molecule has 0 heterocycles. The lowest BCUT2D eigenvalue weighted by atomic mass is 9.88. The molecule has 0 aromatic rings. The summed E-state index contributed by atoms with van der Waals surface area (Å²) in [6.07, 6.45) is 10.0. The Morgan fingerprint density at radius 3 is 2.44 bits per heavy atom. The minimum Gasteiger partial charge on any atom is -0.339 e. The fraction of sp³-hybridized carbons (Fsp3) is 0.933. The third kappa shape index (κ3) is 3.71. The lowest BCUT2D eigenvalue weighted by Gasteiger charge is -2.31. The summed E-state index contributed by atoms with van der Waals surface area (Å²) in [4.78, 5) is 14.6. The van der Waals surface area contributed by atoms with Crippen LogP contribution in [0.5, 0.6) is 0 Å². The largest absolute Gasteiger partial charge is 0.339 e. The van der Waals surface area contributed by atoms with Gasteiger partial charge in [0.2, 0.25) is 5.91 Å². The van der Waals surface area contributed by atoms with E-state index in [0.29, 0.717) is 18.5 Å². The van der Waals surface area contributed by atoms with Crippen LogP contribution in [0.15, 0.2) is 0 Å². The van der Waals surface area contributed by atoms with Gasteiger partial charge in [-0.25, -0.2) is 0 Å². The van der Waals surface area contributed by atoms with E-state index in [0.717, 1.165) is 18.9 Å². The van der Waals surface area contributed by atoms with Gasteiger partial charge in [-0.3, -0.25) is 4.79 Å². The maximum absolute atomic E-state index is 12.5. The maximum atomic E-state index is 12.5. The van der Waals surface area contributed by atoms with Crippen LogP contribution in [0.1, 0.15) is 58.3 Å². The topological polar surface area (TPSA) is 46.3 Å². The molecular formula is C15H28N2O. The van der Waals surface area contributed by atoms with E-state index in [1.165, 1.54) is 44.9 Å². The fourth-order valence-electron chi connectivity index (χ4n) is 3.11. The zero-order valence-electron chi connectivity index (χ0n) is 11.7. The molecule has 3 heteroatoms. The standard InChI is InChI=1S/C15H28N2O/c1-12(9-10-16)15(18)17(14-7-8-14)11-13-5-3-2-4-6-13/h12-14H,2-11,16H2,1H3. The molecular weight excluding hydrogens is 224 g/mol. The molecule has 0 bridgehead atoms. The number of nitrogens with two attached hydrogens (primary N) is 1. The maximum Gasteiger partial charge on any atom is 0.225 e. The minimum atomic E-state index is 0.110. The van der Waals surface area contributed by atoms with Crippen molar-refractivity contribution in [1.82, 2.24) is 4.90 Å². The lowest BCUT2D eigenvalue weighted by molar-refractivity contribution is -0.136. The lowest BCUT2D eigenvalue weighted by Crippen LogP contribution is -2.41. The molecule has 2 N–H and O–H groups in total. The van der Waals surface area contributed by atoms with Crippen molar-refractivity contribution in [2.45, 2.75) is 64.3 Å². The zero-order chi connectivity index (χ0) is 13.0. The zero-order valence-corrected chi connectivity index (χ0v) is 11.7. The smallest absolute Gasteiger partial charge is 0.225 e. The first-order valence-corrected chi connectivity index (χ1v) is 7.73. The number of hydrogen-bond donors (Lipinski definition) is 1. The van der Waals surface area contributed by atoms with Crippen molar-refractivity contribution in [3.05, 3.63) is 0 Å². The van der Waals surface area contributed by atoms with Crippen LogP contribution >= 0.6 is 0 Å². The van der Waals surface area contributed by atoms with Crippen LogP contribution in [0, 0.1) is 11.8 Å². The molecule has 2 fully saturated rings. The van der Waals surface area contributed by atoms with Gasteiger partial charge in [0.1, 0.15) is 0 Å². The van der Waals surface area contributed by atoms with Gasteiger partial charge in [-0.15, -0.1) is 0 Å². The van der Waals surface area contributed by atoms with Crippen LogP contribution in [0.2, 0.25) is 0 Å². The molecule has 2 aliphatic rings. The van der Waals surface area contributed by atoms with Crippen LogP contribution in [-0.4, -0.2) is 29.9 Å². The molecule has 0 aromatic carbocycles. The van der Waals surface area contributed by atoms with Gasteiger partial charge in [0.15, 0.2) is 0 Å². The first-order chi connectivity index (χ1) is 8.72. The van der Waals surface area contributed by atoms with E-state index in [1.807, 2.05) is 6.92 Å². The molecule has 0 radical (unpaired) electrons. The Kier molecular flexibility index (Phi) is 5.04. The van der Waals surface area contributed by atoms with Gasteiger partial charge in [-0.05, 0) is 44.6 Å². The quantitative estimate of drug-likeness (QED) is 0.789. The predicted molar refractivity (Wildman–Crippen MR) is 74.1 cm³/mol. The highest BCUT2D eigenvalue weighted by Gasteiger charge is 2.35. The highest BCUT2D eigenvalue weighted by molar-refractivity contribution is 5.79. The van der Waals surface area contributed by atoms with Gasteiger partial charge in [0.05, 0.1) is 0 Å². The summed E-state index contributed by atoms with van der Waals surface area (Å²) in [7, 11) is 0. The molecule has 2 rings (SSSR count). The molecule has 1 amide bonds. The molecule has 0 saturated heterocycles. The number of hydrogen-bond acceptors (Lipinski definition) is 2. The second kappa shape index (κ2) is 6.55. The van der Waals surface area contributed by atoms with Crippen molar-refractivity contribution in [3.8, 4) is 0 Å². The Morgan fingerprint density at radius 1 is 1.22 bits per heavy atom. The van der Waals surface area contributed by atoms with Gasteiger partial charge in [0.25, 0.3) is 0 Å². The number of rotatable bonds is 6. The Labute approximate surface area is 111 Å². The monoisotopic (exact) mass is 252 g/mol. The van der Waals surface area contributed by atoms with Crippen LogP contribution in [0.25, 0.3) is 0 Å². The van der Waals surface area contributed by atoms with Crippen molar-refractivity contribution >= 4 is 5.91 Å². The van der Waals surface area contributed by atoms with E-state index in [4.69, 9.17) is 5.73 Å². The minimum absolute atomic E-state index is 0.110. The Morgan fingerprint density at radius 2 is 1.89 bits per heavy atom. The molecule has 0 spiro atoms. The summed E-state index contributed by atoms with van der Waals surface area (Å²) in [6.45, 7) is 3.67. The summed E-state index contributed by atoms with van der Waals surface area (Å²) in [5, 5.41) is 0. The molecule has 104 valence electrons. The summed E-state index contributed by atoms with van der Waals surface area (Å²) >= 11 is 0. The normalized spacial score (nSPS) is 22.8. The number of amides is 1. The van der Waals surface area contributed by atoms with Gasteiger partial charge >= 0.3 is 0 Å². The van der Waals surface area contributed by atoms with E-state index >= 15 is 0 Å². The second-order valence-corrected chi connectivity index (χ2v) is 6.20. The predicted octanol–water partition coefficient (Wildman–Crippen LogP) is 2.54. The van der Waals surface area contributed by atoms with Gasteiger partial charge in [-0.2, -0.15) is 0 Å². The molecule has 0 aliphatic heterocycles. The van der Waals surface area contributed by atoms with E-state index in [-0.39, 0.29) is 5.92 Å². The van der Waals surface area contributed by atoms with E-state index in [1.54, 1.807) is 0 Å². The number of carbonyl (C=O) groups is 1. The molecule has 1 unspecified atom stereocenters. The Bertz CT molecular complexity index is 270. The average Bonchev–Trinajstić information content (AvgIpc) is 3.21. The average molecular weight is 252 g/mol. The van der Waals surface area contributed by atoms with Crippen molar-refractivity contribution in [3.63, 3.8) is 0 Å². The second-order valence-electron chi connectivity index (χ2n) is 6.20. The molecule has 2 saturated carbocycles. The first-order valence-electron chi connectivity index (χ1n) is 7.73. The van der Waals surface area contributed by atoms with Crippen molar-refractivity contribution in [2.75, 3.05) is 13.1 Å². The fourth-order valence-corrected chi connectivity index (χ4v) is 3.11. The van der Waals surface area contributed by atoms with Crippen molar-refractivity contribution < 1.29 is 4.79 Å². The van der Waals surface area contributed by atoms with Crippen LogP contribution in [0.3, 0.4) is 0 Å². The summed E-state index contributed by atoms with van der Waals surface area (Å²) in [5.74, 6) is 1.22. The van der Waals surface area contributed by atoms with Crippen molar-refractivity contribution in [2.24, 2.45) is 17.6 Å². The molecule has 0 aromatic heterocycles. The highest BCUT2D eigenvalue weighted by atomic mass is 16.2. The highest BCUT2D eigenvalue weighted by Crippen LogP contribution is 2.32. The van der Waals surface area contributed by atoms with E-state index in [9.17, 15) is 4.79 Å². The molecule has 1 atom stereocenters. The molecule has 3 nitrogen and oxygen atoms in total. The van der Waals surface area contributed by atoms with E-state index in [2.05, 4.69) is 4.90 Å². The third-order valence-electron chi connectivity index (χ3n) is 4.47. The van der Waals surface area contributed by atoms with Gasteiger partial charge in [0, 0.05) is 18.5 Å². The number of carbonyl (C=O) groups excluding carboxylic acids is 1.